The molecule has 1 aromatic heterocycles. The normalized spacial score (nSPS) is 14.1. The summed E-state index contributed by atoms with van der Waals surface area (Å²) in [6, 6.07) is 11.0. The van der Waals surface area contributed by atoms with Gasteiger partial charge in [0, 0.05) is 11.1 Å². The molecule has 0 radical (unpaired) electrons. The molecule has 0 aliphatic heterocycles. The smallest absolute Gasteiger partial charge is 0.279 e. The summed E-state index contributed by atoms with van der Waals surface area (Å²) < 4.78 is 18.4. The number of rotatable bonds is 4. The number of para-hydroxylation sites is 1. The molecule has 2 aromatic carbocycles. The number of aromatic nitrogens is 1. The maximum absolute atomic E-state index is 13.0. The second-order valence-corrected chi connectivity index (χ2v) is 7.17. The fourth-order valence-electron chi connectivity index (χ4n) is 3.68. The third kappa shape index (κ3) is 3.94. The first-order chi connectivity index (χ1) is 14.0. The van der Waals surface area contributed by atoms with Crippen LogP contribution in [0.15, 0.2) is 42.5 Å². The molecule has 0 spiro atoms. The topological polar surface area (TPSA) is 83.2 Å². The lowest BCUT2D eigenvalue weighted by molar-refractivity contribution is -0.128. The summed E-state index contributed by atoms with van der Waals surface area (Å²) in [6.45, 7) is 1.55. The minimum atomic E-state index is -0.866. The molecule has 1 heterocycles. The lowest BCUT2D eigenvalue weighted by Gasteiger charge is -2.15. The molecule has 3 aromatic rings. The number of fused-ring (bicyclic) bond motifs is 3. The number of halogens is 1. The number of aromatic amines is 1. The Labute approximate surface area is 167 Å². The minimum absolute atomic E-state index is 0.363. The first-order valence-corrected chi connectivity index (χ1v) is 9.68. The van der Waals surface area contributed by atoms with E-state index in [2.05, 4.69) is 15.8 Å². The second-order valence-electron chi connectivity index (χ2n) is 7.17. The molecule has 7 heteroatoms. The van der Waals surface area contributed by atoms with Gasteiger partial charge in [0.25, 0.3) is 11.8 Å². The Morgan fingerprint density at radius 3 is 2.62 bits per heavy atom. The van der Waals surface area contributed by atoms with Gasteiger partial charge in [-0.05, 0) is 68.5 Å². The quantitative estimate of drug-likeness (QED) is 0.592. The number of aryl methyl sites for hydroxylation is 2. The monoisotopic (exact) mass is 395 g/mol. The van der Waals surface area contributed by atoms with Crippen molar-refractivity contribution < 1.29 is 18.7 Å². The van der Waals surface area contributed by atoms with Gasteiger partial charge in [0.05, 0.1) is 11.1 Å². The van der Waals surface area contributed by atoms with Crippen molar-refractivity contribution in [3.8, 4) is 5.75 Å². The van der Waals surface area contributed by atoms with Gasteiger partial charge in [0.1, 0.15) is 11.6 Å². The van der Waals surface area contributed by atoms with Crippen LogP contribution in [0.4, 0.5) is 4.39 Å². The second kappa shape index (κ2) is 7.95. The lowest BCUT2D eigenvalue weighted by Crippen LogP contribution is -2.47. The fraction of sp³-hybridized carbons (Fsp3) is 0.273. The van der Waals surface area contributed by atoms with Crippen molar-refractivity contribution in [2.45, 2.75) is 38.7 Å². The van der Waals surface area contributed by atoms with E-state index in [0.717, 1.165) is 36.6 Å². The van der Waals surface area contributed by atoms with E-state index in [0.29, 0.717) is 11.3 Å². The highest BCUT2D eigenvalue weighted by Gasteiger charge is 2.20. The van der Waals surface area contributed by atoms with Crippen LogP contribution in [0.25, 0.3) is 10.9 Å². The van der Waals surface area contributed by atoms with Crippen LogP contribution < -0.4 is 15.6 Å². The number of hydrogen-bond acceptors (Lipinski definition) is 3. The Kier molecular flexibility index (Phi) is 5.20. The number of amides is 2. The predicted molar refractivity (Wildman–Crippen MR) is 107 cm³/mol. The number of carbonyl (C=O) groups is 2. The van der Waals surface area contributed by atoms with Gasteiger partial charge in [-0.15, -0.1) is 0 Å². The molecule has 0 saturated heterocycles. The number of ether oxygens (including phenoxy) is 1. The predicted octanol–water partition coefficient (Wildman–Crippen LogP) is 3.41. The van der Waals surface area contributed by atoms with E-state index in [9.17, 15) is 14.0 Å². The van der Waals surface area contributed by atoms with Crippen LogP contribution in [0.5, 0.6) is 5.75 Å². The maximum atomic E-state index is 13.0. The van der Waals surface area contributed by atoms with Gasteiger partial charge in [0.15, 0.2) is 6.10 Å². The van der Waals surface area contributed by atoms with Crippen LogP contribution in [0, 0.1) is 5.82 Å². The van der Waals surface area contributed by atoms with Crippen LogP contribution in [0.1, 0.15) is 41.4 Å². The van der Waals surface area contributed by atoms with Crippen LogP contribution in [0.3, 0.4) is 0 Å². The molecule has 3 N–H and O–H groups in total. The molecule has 0 saturated carbocycles. The highest BCUT2D eigenvalue weighted by molar-refractivity contribution is 6.07. The standard InChI is InChI=1S/C22H22FN3O3/c1-13(29-15-11-9-14(23)10-12-15)21(27)25-26-22(28)18-7-4-6-17-16-5-2-3-8-19(16)24-20(17)18/h4,6-7,9-13,24H,2-3,5,8H2,1H3,(H,25,27)(H,26,28). The molecule has 2 amide bonds. The Balaban J connectivity index is 1.42. The molecule has 0 bridgehead atoms. The van der Waals surface area contributed by atoms with Crippen molar-refractivity contribution in [2.24, 2.45) is 0 Å². The van der Waals surface area contributed by atoms with Crippen molar-refractivity contribution in [3.05, 3.63) is 65.1 Å². The van der Waals surface area contributed by atoms with Crippen LogP contribution in [-0.2, 0) is 17.6 Å². The Hall–Kier alpha value is -3.35. The van der Waals surface area contributed by atoms with Crippen molar-refractivity contribution in [1.82, 2.24) is 15.8 Å². The fourth-order valence-corrected chi connectivity index (χ4v) is 3.68. The van der Waals surface area contributed by atoms with Gasteiger partial charge in [-0.3, -0.25) is 20.4 Å². The molecule has 6 nitrogen and oxygen atoms in total. The van der Waals surface area contributed by atoms with Gasteiger partial charge in [-0.1, -0.05) is 12.1 Å². The van der Waals surface area contributed by atoms with E-state index in [-0.39, 0.29) is 5.82 Å². The van der Waals surface area contributed by atoms with E-state index >= 15 is 0 Å². The maximum Gasteiger partial charge on any atom is 0.279 e. The van der Waals surface area contributed by atoms with E-state index in [4.69, 9.17) is 4.74 Å². The lowest BCUT2D eigenvalue weighted by atomic mass is 9.95. The van der Waals surface area contributed by atoms with Gasteiger partial charge in [0.2, 0.25) is 0 Å². The van der Waals surface area contributed by atoms with E-state index in [1.165, 1.54) is 35.5 Å². The zero-order valence-electron chi connectivity index (χ0n) is 16.0. The van der Waals surface area contributed by atoms with Gasteiger partial charge < -0.3 is 9.72 Å². The molecule has 4 rings (SSSR count). The Morgan fingerprint density at radius 1 is 1.07 bits per heavy atom. The summed E-state index contributed by atoms with van der Waals surface area (Å²) in [4.78, 5) is 28.3. The number of nitrogens with one attached hydrogen (secondary N) is 3. The zero-order chi connectivity index (χ0) is 20.4. The van der Waals surface area contributed by atoms with Crippen LogP contribution in [0.2, 0.25) is 0 Å². The summed E-state index contributed by atoms with van der Waals surface area (Å²) in [5.74, 6) is -0.943. The molecule has 0 fully saturated rings. The summed E-state index contributed by atoms with van der Waals surface area (Å²) >= 11 is 0. The van der Waals surface area contributed by atoms with E-state index < -0.39 is 17.9 Å². The average molecular weight is 395 g/mol. The zero-order valence-corrected chi connectivity index (χ0v) is 16.0. The first kappa shape index (κ1) is 19.0. The van der Waals surface area contributed by atoms with Crippen molar-refractivity contribution in [3.63, 3.8) is 0 Å². The number of benzene rings is 2. The van der Waals surface area contributed by atoms with Gasteiger partial charge in [-0.25, -0.2) is 4.39 Å². The first-order valence-electron chi connectivity index (χ1n) is 9.68. The Morgan fingerprint density at radius 2 is 1.83 bits per heavy atom. The summed E-state index contributed by atoms with van der Waals surface area (Å²) in [5, 5.41) is 1.06. The molecular formula is C22H22FN3O3. The molecule has 1 aliphatic rings. The largest absolute Gasteiger partial charge is 0.481 e. The molecular weight excluding hydrogens is 373 g/mol. The highest BCUT2D eigenvalue weighted by atomic mass is 19.1. The molecule has 1 aliphatic carbocycles. The van der Waals surface area contributed by atoms with Crippen molar-refractivity contribution in [2.75, 3.05) is 0 Å². The van der Waals surface area contributed by atoms with Gasteiger partial charge >= 0.3 is 0 Å². The van der Waals surface area contributed by atoms with Crippen molar-refractivity contribution in [1.29, 1.82) is 0 Å². The highest BCUT2D eigenvalue weighted by Crippen LogP contribution is 2.30. The van der Waals surface area contributed by atoms with Crippen molar-refractivity contribution >= 4 is 22.7 Å². The van der Waals surface area contributed by atoms with Crippen LogP contribution >= 0.6 is 0 Å². The van der Waals surface area contributed by atoms with E-state index in [1.54, 1.807) is 13.0 Å². The summed E-state index contributed by atoms with van der Waals surface area (Å²) in [7, 11) is 0. The van der Waals surface area contributed by atoms with Crippen LogP contribution in [-0.4, -0.2) is 22.9 Å². The minimum Gasteiger partial charge on any atom is -0.481 e. The SMILES string of the molecule is CC(Oc1ccc(F)cc1)C(=O)NNC(=O)c1cccc2c3c([nH]c12)CCCC3. The average Bonchev–Trinajstić information content (AvgIpc) is 3.12. The number of hydrogen-bond donors (Lipinski definition) is 3. The Bertz CT molecular complexity index is 1060. The number of hydrazine groups is 1. The summed E-state index contributed by atoms with van der Waals surface area (Å²) in [6.07, 6.45) is 3.42. The molecule has 1 unspecified atom stereocenters. The molecule has 150 valence electrons. The third-order valence-corrected chi connectivity index (χ3v) is 5.17. The number of H-pyrrole nitrogens is 1. The van der Waals surface area contributed by atoms with Gasteiger partial charge in [-0.2, -0.15) is 0 Å². The van der Waals surface area contributed by atoms with E-state index in [1.807, 2.05) is 12.1 Å². The summed E-state index contributed by atoms with van der Waals surface area (Å²) in [5.41, 5.74) is 8.58. The number of carbonyl (C=O) groups excluding carboxylic acids is 2. The third-order valence-electron chi connectivity index (χ3n) is 5.17. The molecule has 29 heavy (non-hydrogen) atoms. The molecule has 1 atom stereocenters.